The number of likely N-dealkylation sites (tertiary alicyclic amines) is 1. The van der Waals surface area contributed by atoms with Crippen LogP contribution in [0, 0.1) is 6.92 Å². The number of aryl methyl sites for hydroxylation is 1. The van der Waals surface area contributed by atoms with Gasteiger partial charge in [-0.2, -0.15) is 0 Å². The smallest absolute Gasteiger partial charge is 0.0503 e. The van der Waals surface area contributed by atoms with Crippen molar-refractivity contribution in [1.82, 2.24) is 10.2 Å². The van der Waals surface area contributed by atoms with Crippen molar-refractivity contribution in [1.29, 1.82) is 0 Å². The van der Waals surface area contributed by atoms with E-state index < -0.39 is 0 Å². The van der Waals surface area contributed by atoms with Gasteiger partial charge in [-0.25, -0.2) is 0 Å². The van der Waals surface area contributed by atoms with Crippen molar-refractivity contribution in [2.75, 3.05) is 26.7 Å². The van der Waals surface area contributed by atoms with Crippen LogP contribution < -0.4 is 11.1 Å². The molecule has 2 fully saturated rings. The fourth-order valence-electron chi connectivity index (χ4n) is 5.33. The van der Waals surface area contributed by atoms with E-state index in [2.05, 4.69) is 62.7 Å². The molecule has 0 unspecified atom stereocenters. The molecule has 1 aliphatic heterocycles. The Balaban J connectivity index is 2.07. The van der Waals surface area contributed by atoms with Crippen LogP contribution in [0.2, 0.25) is 0 Å². The number of benzene rings is 1. The van der Waals surface area contributed by atoms with Crippen LogP contribution in [0.3, 0.4) is 0 Å². The quantitative estimate of drug-likeness (QED) is 0.451. The number of rotatable bonds is 8. The van der Waals surface area contributed by atoms with Crippen LogP contribution in [0.4, 0.5) is 0 Å². The van der Waals surface area contributed by atoms with Crippen molar-refractivity contribution in [2.24, 2.45) is 10.7 Å². The second-order valence-electron chi connectivity index (χ2n) is 9.93. The average molecular weight is 461 g/mol. The van der Waals surface area contributed by atoms with E-state index in [1.807, 2.05) is 19.3 Å². The second kappa shape index (κ2) is 12.2. The van der Waals surface area contributed by atoms with Crippen molar-refractivity contribution in [3.8, 4) is 0 Å². The molecule has 0 amide bonds. The summed E-state index contributed by atoms with van der Waals surface area (Å²) >= 11 is 0. The fraction of sp³-hybridized carbons (Fsp3) is 0.500. The van der Waals surface area contributed by atoms with Gasteiger partial charge in [0.1, 0.15) is 0 Å². The van der Waals surface area contributed by atoms with E-state index in [9.17, 15) is 0 Å². The van der Waals surface area contributed by atoms with Crippen molar-refractivity contribution in [3.05, 3.63) is 70.6 Å². The molecule has 1 saturated carbocycles. The minimum Gasteiger partial charge on any atom is -0.398 e. The van der Waals surface area contributed by atoms with Gasteiger partial charge < -0.3 is 11.1 Å². The molecule has 1 aromatic rings. The summed E-state index contributed by atoms with van der Waals surface area (Å²) in [5.41, 5.74) is 17.5. The van der Waals surface area contributed by atoms with Crippen molar-refractivity contribution in [2.45, 2.75) is 72.3 Å². The third kappa shape index (κ3) is 6.09. The van der Waals surface area contributed by atoms with Crippen LogP contribution in [-0.4, -0.2) is 43.3 Å². The molecular formula is C30H44N4. The Morgan fingerprint density at radius 2 is 2.00 bits per heavy atom. The van der Waals surface area contributed by atoms with E-state index >= 15 is 0 Å². The largest absolute Gasteiger partial charge is 0.398 e. The minimum atomic E-state index is 0.475. The van der Waals surface area contributed by atoms with E-state index in [4.69, 9.17) is 10.7 Å². The molecule has 1 saturated heterocycles. The molecule has 3 N–H and O–H groups in total. The van der Waals surface area contributed by atoms with Gasteiger partial charge in [0.15, 0.2) is 0 Å². The molecule has 1 heterocycles. The number of hydrogen-bond acceptors (Lipinski definition) is 4. The number of piperidine rings is 1. The highest BCUT2D eigenvalue weighted by atomic mass is 15.1. The summed E-state index contributed by atoms with van der Waals surface area (Å²) in [6, 6.07) is 7.10. The summed E-state index contributed by atoms with van der Waals surface area (Å²) in [6.07, 6.45) is 11.1. The highest BCUT2D eigenvalue weighted by Crippen LogP contribution is 2.33. The standard InChI is InChI=1S/C30H44N4/c1-7-16-34-17-15-28(33-25-11-9-10-12-25)27(20-34)30(31)29(21(3)4)26-14-13-24(18-22(26)5)23(8-2)19-32-6/h8,13-14,18-19,25,32H,2,7,9-12,15-17,20,31H2,1,3-6H3/b23-19+,30-27?,33-28?. The SMILES string of the molecule is C=C/C(=C\NC)c1ccc(C(=C(C)C)C(N)=C2CN(CCC)CCC2=NC2CCCC2)c(C)c1. The van der Waals surface area contributed by atoms with E-state index in [-0.39, 0.29) is 0 Å². The third-order valence-electron chi connectivity index (χ3n) is 7.04. The van der Waals surface area contributed by atoms with Gasteiger partial charge in [0.2, 0.25) is 0 Å². The third-order valence-corrected chi connectivity index (χ3v) is 7.04. The maximum atomic E-state index is 7.07. The van der Waals surface area contributed by atoms with Gasteiger partial charge in [0.05, 0.1) is 6.04 Å². The molecular weight excluding hydrogens is 416 g/mol. The number of nitrogens with zero attached hydrogens (tertiary/aromatic N) is 2. The Hall–Kier alpha value is -2.59. The Labute approximate surface area is 207 Å². The maximum absolute atomic E-state index is 7.07. The lowest BCUT2D eigenvalue weighted by Crippen LogP contribution is -2.38. The first-order valence-corrected chi connectivity index (χ1v) is 13.0. The molecule has 0 radical (unpaired) electrons. The highest BCUT2D eigenvalue weighted by molar-refractivity contribution is 6.05. The molecule has 4 heteroatoms. The summed E-state index contributed by atoms with van der Waals surface area (Å²) in [5.74, 6) is 0. The van der Waals surface area contributed by atoms with E-state index in [1.165, 1.54) is 53.7 Å². The topological polar surface area (TPSA) is 53.6 Å². The van der Waals surface area contributed by atoms with Crippen molar-refractivity contribution >= 4 is 16.9 Å². The first kappa shape index (κ1) is 26.0. The van der Waals surface area contributed by atoms with E-state index in [0.29, 0.717) is 6.04 Å². The molecule has 2 aliphatic rings. The normalized spacial score (nSPS) is 20.5. The zero-order chi connectivity index (χ0) is 24.7. The lowest BCUT2D eigenvalue weighted by atomic mass is 9.88. The summed E-state index contributed by atoms with van der Waals surface area (Å²) < 4.78 is 0. The number of allylic oxidation sites excluding steroid dienone is 4. The predicted molar refractivity (Wildman–Crippen MR) is 149 cm³/mol. The van der Waals surface area contributed by atoms with Crippen LogP contribution in [0.1, 0.15) is 76.0 Å². The molecule has 3 rings (SSSR count). The summed E-state index contributed by atoms with van der Waals surface area (Å²) in [4.78, 5) is 7.80. The number of nitrogens with two attached hydrogens (primary N) is 1. The average Bonchev–Trinajstić information content (AvgIpc) is 3.32. The zero-order valence-electron chi connectivity index (χ0n) is 22.0. The monoisotopic (exact) mass is 460 g/mol. The van der Waals surface area contributed by atoms with Crippen LogP contribution in [0.15, 0.2) is 58.9 Å². The molecule has 0 bridgehead atoms. The lowest BCUT2D eigenvalue weighted by molar-refractivity contribution is 0.297. The Kier molecular flexibility index (Phi) is 9.35. The highest BCUT2D eigenvalue weighted by Gasteiger charge is 2.26. The van der Waals surface area contributed by atoms with Crippen molar-refractivity contribution in [3.63, 3.8) is 0 Å². The van der Waals surface area contributed by atoms with Gasteiger partial charge in [-0.15, -0.1) is 0 Å². The first-order valence-electron chi connectivity index (χ1n) is 13.0. The zero-order valence-corrected chi connectivity index (χ0v) is 22.0. The number of nitrogens with one attached hydrogen (secondary N) is 1. The molecule has 0 aromatic heterocycles. The molecule has 1 aliphatic carbocycles. The van der Waals surface area contributed by atoms with Gasteiger partial charge in [-0.05, 0) is 68.8 Å². The molecule has 1 aromatic carbocycles. The van der Waals surface area contributed by atoms with Crippen LogP contribution in [0.25, 0.3) is 11.1 Å². The molecule has 0 atom stereocenters. The molecule has 0 spiro atoms. The van der Waals surface area contributed by atoms with E-state index in [1.54, 1.807) is 0 Å². The van der Waals surface area contributed by atoms with E-state index in [0.717, 1.165) is 54.9 Å². The number of hydrogen-bond donors (Lipinski definition) is 2. The molecule has 34 heavy (non-hydrogen) atoms. The summed E-state index contributed by atoms with van der Waals surface area (Å²) in [5, 5.41) is 3.11. The van der Waals surface area contributed by atoms with Crippen LogP contribution in [0.5, 0.6) is 0 Å². The Morgan fingerprint density at radius 1 is 1.26 bits per heavy atom. The molecule has 4 nitrogen and oxygen atoms in total. The predicted octanol–water partition coefficient (Wildman–Crippen LogP) is 6.25. The molecule has 184 valence electrons. The minimum absolute atomic E-state index is 0.475. The van der Waals surface area contributed by atoms with Gasteiger partial charge in [-0.3, -0.25) is 9.89 Å². The Morgan fingerprint density at radius 3 is 2.59 bits per heavy atom. The van der Waals surface area contributed by atoms with Gasteiger partial charge >= 0.3 is 0 Å². The van der Waals surface area contributed by atoms with Crippen LogP contribution >= 0.6 is 0 Å². The van der Waals surface area contributed by atoms with Gasteiger partial charge in [0, 0.05) is 55.3 Å². The van der Waals surface area contributed by atoms with Crippen molar-refractivity contribution < 1.29 is 0 Å². The van der Waals surface area contributed by atoms with Gasteiger partial charge in [-0.1, -0.05) is 56.2 Å². The lowest BCUT2D eigenvalue weighted by Gasteiger charge is -2.32. The first-order chi connectivity index (χ1) is 16.4. The fourth-order valence-corrected chi connectivity index (χ4v) is 5.33. The van der Waals surface area contributed by atoms with Gasteiger partial charge in [0.25, 0.3) is 0 Å². The maximum Gasteiger partial charge on any atom is 0.0503 e. The second-order valence-corrected chi connectivity index (χ2v) is 9.93. The summed E-state index contributed by atoms with van der Waals surface area (Å²) in [7, 11) is 1.91. The Bertz CT molecular complexity index is 999. The number of aliphatic imine (C=N–C) groups is 1. The summed E-state index contributed by atoms with van der Waals surface area (Å²) in [6.45, 7) is 15.8. The van der Waals surface area contributed by atoms with Crippen LogP contribution in [-0.2, 0) is 0 Å².